The van der Waals surface area contributed by atoms with Crippen molar-refractivity contribution in [2.45, 2.75) is 19.4 Å². The second-order valence-corrected chi connectivity index (χ2v) is 5.92. The van der Waals surface area contributed by atoms with E-state index in [1.807, 2.05) is 5.51 Å². The fourth-order valence-corrected chi connectivity index (χ4v) is 2.60. The zero-order valence-corrected chi connectivity index (χ0v) is 12.7. The lowest BCUT2D eigenvalue weighted by Crippen LogP contribution is -2.21. The molecule has 1 unspecified atom stereocenters. The monoisotopic (exact) mass is 358 g/mol. The number of nitrogens with one attached hydrogen (secondary N) is 1. The molecule has 0 bridgehead atoms. The number of hydrogen-bond donors (Lipinski definition) is 1. The van der Waals surface area contributed by atoms with Crippen molar-refractivity contribution in [2.75, 3.05) is 6.54 Å². The first-order chi connectivity index (χ1) is 8.25. The zero-order valence-electron chi connectivity index (χ0n) is 9.69. The van der Waals surface area contributed by atoms with Crippen molar-refractivity contribution in [3.05, 3.63) is 50.0 Å². The molecular formula is C13H15IN2S. The average Bonchev–Trinajstić information content (AvgIpc) is 2.83. The number of thiazole rings is 1. The van der Waals surface area contributed by atoms with Gasteiger partial charge in [0.2, 0.25) is 0 Å². The van der Waals surface area contributed by atoms with Gasteiger partial charge in [-0.2, -0.15) is 0 Å². The smallest absolute Gasteiger partial charge is 0.0794 e. The Morgan fingerprint density at radius 3 is 2.76 bits per heavy atom. The molecule has 0 aliphatic heterocycles. The number of aromatic nitrogens is 1. The second kappa shape index (κ2) is 6.47. The van der Waals surface area contributed by atoms with E-state index in [0.29, 0.717) is 6.04 Å². The third-order valence-electron chi connectivity index (χ3n) is 2.69. The first-order valence-corrected chi connectivity index (χ1v) is 7.64. The van der Waals surface area contributed by atoms with Crippen LogP contribution >= 0.6 is 33.9 Å². The van der Waals surface area contributed by atoms with Crippen LogP contribution in [-0.2, 0) is 6.42 Å². The molecule has 0 fully saturated rings. The molecule has 4 heteroatoms. The van der Waals surface area contributed by atoms with Gasteiger partial charge in [0.05, 0.1) is 11.2 Å². The molecule has 0 amide bonds. The van der Waals surface area contributed by atoms with Gasteiger partial charge in [-0.3, -0.25) is 0 Å². The summed E-state index contributed by atoms with van der Waals surface area (Å²) < 4.78 is 1.28. The third kappa shape index (κ3) is 4.04. The maximum absolute atomic E-state index is 4.27. The molecule has 2 nitrogen and oxygen atoms in total. The van der Waals surface area contributed by atoms with Gasteiger partial charge in [0, 0.05) is 28.0 Å². The topological polar surface area (TPSA) is 24.9 Å². The molecule has 17 heavy (non-hydrogen) atoms. The van der Waals surface area contributed by atoms with E-state index in [4.69, 9.17) is 0 Å². The summed E-state index contributed by atoms with van der Waals surface area (Å²) in [6, 6.07) is 9.05. The molecule has 0 radical (unpaired) electrons. The van der Waals surface area contributed by atoms with Crippen molar-refractivity contribution >= 4 is 33.9 Å². The molecule has 0 spiro atoms. The van der Waals surface area contributed by atoms with Crippen LogP contribution in [0, 0.1) is 3.57 Å². The van der Waals surface area contributed by atoms with Crippen LogP contribution in [0.25, 0.3) is 0 Å². The van der Waals surface area contributed by atoms with Crippen molar-refractivity contribution in [1.82, 2.24) is 10.3 Å². The van der Waals surface area contributed by atoms with E-state index < -0.39 is 0 Å². The highest BCUT2D eigenvalue weighted by atomic mass is 127. The molecule has 0 aliphatic rings. The molecule has 2 aromatic rings. The van der Waals surface area contributed by atoms with Crippen molar-refractivity contribution in [3.63, 3.8) is 0 Å². The molecule has 0 saturated heterocycles. The van der Waals surface area contributed by atoms with Gasteiger partial charge in [0.1, 0.15) is 0 Å². The normalized spacial score (nSPS) is 12.6. The number of benzene rings is 1. The molecule has 2 rings (SSSR count). The van der Waals surface area contributed by atoms with Crippen LogP contribution in [0.15, 0.2) is 35.2 Å². The largest absolute Gasteiger partial charge is 0.310 e. The standard InChI is InChI=1S/C13H15IN2S/c1-10(11-2-4-12(14)5-3-11)15-7-6-13-8-17-9-16-13/h2-5,8-10,15H,6-7H2,1H3. The van der Waals surface area contributed by atoms with Crippen LogP contribution < -0.4 is 5.32 Å². The lowest BCUT2D eigenvalue weighted by Gasteiger charge is -2.13. The summed E-state index contributed by atoms with van der Waals surface area (Å²) in [4.78, 5) is 4.27. The van der Waals surface area contributed by atoms with E-state index in [-0.39, 0.29) is 0 Å². The molecule has 1 aromatic carbocycles. The summed E-state index contributed by atoms with van der Waals surface area (Å²) in [6.45, 7) is 3.17. The number of rotatable bonds is 5. The summed E-state index contributed by atoms with van der Waals surface area (Å²) >= 11 is 3.98. The molecule has 1 aromatic heterocycles. The van der Waals surface area contributed by atoms with Crippen LogP contribution in [-0.4, -0.2) is 11.5 Å². The van der Waals surface area contributed by atoms with Crippen LogP contribution in [0.5, 0.6) is 0 Å². The van der Waals surface area contributed by atoms with E-state index in [1.54, 1.807) is 11.3 Å². The number of halogens is 1. The van der Waals surface area contributed by atoms with Crippen molar-refractivity contribution in [2.24, 2.45) is 0 Å². The molecule has 1 heterocycles. The Hall–Kier alpha value is -0.460. The van der Waals surface area contributed by atoms with Gasteiger partial charge >= 0.3 is 0 Å². The molecule has 0 saturated carbocycles. The van der Waals surface area contributed by atoms with Gasteiger partial charge in [-0.05, 0) is 47.2 Å². The lowest BCUT2D eigenvalue weighted by atomic mass is 10.1. The summed E-state index contributed by atoms with van der Waals surface area (Å²) in [5.41, 5.74) is 4.40. The zero-order chi connectivity index (χ0) is 12.1. The highest BCUT2D eigenvalue weighted by Crippen LogP contribution is 2.14. The van der Waals surface area contributed by atoms with Gasteiger partial charge in [-0.25, -0.2) is 4.98 Å². The Morgan fingerprint density at radius 1 is 1.35 bits per heavy atom. The Bertz CT molecular complexity index is 439. The quantitative estimate of drug-likeness (QED) is 0.826. The Labute approximate surface area is 120 Å². The van der Waals surface area contributed by atoms with Crippen molar-refractivity contribution in [3.8, 4) is 0 Å². The van der Waals surface area contributed by atoms with Crippen LogP contribution in [0.4, 0.5) is 0 Å². The Morgan fingerprint density at radius 2 is 2.12 bits per heavy atom. The van der Waals surface area contributed by atoms with Gasteiger partial charge in [0.15, 0.2) is 0 Å². The van der Waals surface area contributed by atoms with Gasteiger partial charge in [0.25, 0.3) is 0 Å². The van der Waals surface area contributed by atoms with E-state index in [9.17, 15) is 0 Å². The van der Waals surface area contributed by atoms with Crippen LogP contribution in [0.2, 0.25) is 0 Å². The maximum atomic E-state index is 4.27. The maximum Gasteiger partial charge on any atom is 0.0794 e. The predicted octanol–water partition coefficient (Wildman–Crippen LogP) is 3.64. The van der Waals surface area contributed by atoms with Gasteiger partial charge in [-0.15, -0.1) is 11.3 Å². The molecule has 0 aliphatic carbocycles. The predicted molar refractivity (Wildman–Crippen MR) is 81.4 cm³/mol. The minimum absolute atomic E-state index is 0.394. The number of nitrogens with zero attached hydrogens (tertiary/aromatic N) is 1. The summed E-state index contributed by atoms with van der Waals surface area (Å²) in [7, 11) is 0. The second-order valence-electron chi connectivity index (χ2n) is 3.96. The summed E-state index contributed by atoms with van der Waals surface area (Å²) in [6.07, 6.45) is 0.998. The first kappa shape index (κ1) is 13.0. The minimum Gasteiger partial charge on any atom is -0.310 e. The van der Waals surface area contributed by atoms with Crippen molar-refractivity contribution in [1.29, 1.82) is 0 Å². The SMILES string of the molecule is CC(NCCc1cscn1)c1ccc(I)cc1. The summed E-state index contributed by atoms with van der Waals surface area (Å²) in [5, 5.41) is 5.63. The van der Waals surface area contributed by atoms with E-state index in [1.165, 1.54) is 14.8 Å². The van der Waals surface area contributed by atoms with Crippen molar-refractivity contribution < 1.29 is 0 Å². The van der Waals surface area contributed by atoms with Crippen LogP contribution in [0.3, 0.4) is 0 Å². The fourth-order valence-electron chi connectivity index (χ4n) is 1.65. The van der Waals surface area contributed by atoms with Gasteiger partial charge < -0.3 is 5.32 Å². The average molecular weight is 358 g/mol. The van der Waals surface area contributed by atoms with E-state index >= 15 is 0 Å². The highest BCUT2D eigenvalue weighted by Gasteiger charge is 2.04. The lowest BCUT2D eigenvalue weighted by molar-refractivity contribution is 0.574. The first-order valence-electron chi connectivity index (χ1n) is 5.61. The third-order valence-corrected chi connectivity index (χ3v) is 4.04. The van der Waals surface area contributed by atoms with E-state index in [2.05, 4.69) is 69.5 Å². The Kier molecular flexibility index (Phi) is 4.94. The molecule has 1 atom stereocenters. The molecular weight excluding hydrogens is 343 g/mol. The Balaban J connectivity index is 1.81. The highest BCUT2D eigenvalue weighted by molar-refractivity contribution is 14.1. The summed E-state index contributed by atoms with van der Waals surface area (Å²) in [5.74, 6) is 0. The molecule has 90 valence electrons. The van der Waals surface area contributed by atoms with E-state index in [0.717, 1.165) is 13.0 Å². The number of hydrogen-bond acceptors (Lipinski definition) is 3. The van der Waals surface area contributed by atoms with Crippen LogP contribution in [0.1, 0.15) is 24.2 Å². The fraction of sp³-hybridized carbons (Fsp3) is 0.308. The van der Waals surface area contributed by atoms with Gasteiger partial charge in [-0.1, -0.05) is 12.1 Å². The minimum atomic E-state index is 0.394. The molecule has 1 N–H and O–H groups in total.